The molecule has 0 fully saturated rings. The molecule has 64 valence electrons. The third kappa shape index (κ3) is 1.42. The molecule has 0 aromatic carbocycles. The Morgan fingerprint density at radius 3 is 2.42 bits per heavy atom. The number of rotatable bonds is 0. The maximum Gasteiger partial charge on any atom is 0.450 e. The summed E-state index contributed by atoms with van der Waals surface area (Å²) in [5.74, 6) is -1.14. The fraction of sp³-hybridized carbons (Fsp3) is 0.286. The van der Waals surface area contributed by atoms with Crippen LogP contribution < -0.4 is 0 Å². The van der Waals surface area contributed by atoms with Gasteiger partial charge in [0.1, 0.15) is 17.4 Å². The fourth-order valence-electron chi connectivity index (χ4n) is 0.808. The van der Waals surface area contributed by atoms with Crippen molar-refractivity contribution < 1.29 is 17.6 Å². The first-order valence-electron chi connectivity index (χ1n) is 3.03. The van der Waals surface area contributed by atoms with Gasteiger partial charge in [-0.25, -0.2) is 0 Å². The Kier molecular flexibility index (Phi) is 1.84. The number of aryl methyl sites for hydroxylation is 1. The summed E-state index contributed by atoms with van der Waals surface area (Å²) < 4.78 is 40.3. The molecule has 0 radical (unpaired) electrons. The molecule has 0 spiro atoms. The predicted octanol–water partition coefficient (Wildman–Crippen LogP) is 2.48. The largest absolute Gasteiger partial charge is 0.455 e. The highest BCUT2D eigenvalue weighted by atomic mass is 19.4. The molecule has 0 saturated heterocycles. The van der Waals surface area contributed by atoms with Crippen LogP contribution in [0.2, 0.25) is 0 Å². The minimum Gasteiger partial charge on any atom is -0.455 e. The van der Waals surface area contributed by atoms with Crippen LogP contribution in [0.15, 0.2) is 10.5 Å². The summed E-state index contributed by atoms with van der Waals surface area (Å²) in [5, 5.41) is 8.29. The molecule has 12 heavy (non-hydrogen) atoms. The van der Waals surface area contributed by atoms with Crippen molar-refractivity contribution in [2.75, 3.05) is 0 Å². The molecule has 1 aromatic heterocycles. The summed E-state index contributed by atoms with van der Waals surface area (Å²) in [6.45, 7) is 1.36. The quantitative estimate of drug-likeness (QED) is 0.607. The van der Waals surface area contributed by atoms with Crippen LogP contribution in [0.5, 0.6) is 0 Å². The van der Waals surface area contributed by atoms with Gasteiger partial charge in [0.2, 0.25) is 5.76 Å². The van der Waals surface area contributed by atoms with E-state index < -0.39 is 17.5 Å². The van der Waals surface area contributed by atoms with Gasteiger partial charge in [0.15, 0.2) is 0 Å². The van der Waals surface area contributed by atoms with E-state index in [0.717, 1.165) is 6.07 Å². The van der Waals surface area contributed by atoms with Crippen LogP contribution in [0.4, 0.5) is 13.2 Å². The molecular weight excluding hydrogens is 171 g/mol. The molecule has 0 saturated carbocycles. The molecule has 0 atom stereocenters. The number of nitrogens with zero attached hydrogens (tertiary/aromatic N) is 1. The van der Waals surface area contributed by atoms with E-state index >= 15 is 0 Å². The first kappa shape index (κ1) is 8.65. The first-order valence-corrected chi connectivity index (χ1v) is 3.03. The molecule has 0 bridgehead atoms. The van der Waals surface area contributed by atoms with Crippen LogP contribution in [0.3, 0.4) is 0 Å². The molecule has 0 unspecified atom stereocenters. The summed E-state index contributed by atoms with van der Waals surface area (Å²) in [7, 11) is 0. The molecule has 0 aliphatic rings. The highest BCUT2D eigenvalue weighted by Crippen LogP contribution is 2.33. The van der Waals surface area contributed by atoms with E-state index in [1.165, 1.54) is 13.0 Å². The number of furan rings is 1. The van der Waals surface area contributed by atoms with Crippen molar-refractivity contribution in [3.8, 4) is 6.07 Å². The van der Waals surface area contributed by atoms with Gasteiger partial charge in [0.05, 0.1) is 0 Å². The van der Waals surface area contributed by atoms with E-state index in [1.54, 1.807) is 0 Å². The lowest BCUT2D eigenvalue weighted by Crippen LogP contribution is -2.04. The minimum absolute atomic E-state index is 0.0823. The predicted molar refractivity (Wildman–Crippen MR) is 33.2 cm³/mol. The zero-order valence-electron chi connectivity index (χ0n) is 6.07. The first-order chi connectivity index (χ1) is 5.45. The molecule has 1 rings (SSSR count). The van der Waals surface area contributed by atoms with Gasteiger partial charge >= 0.3 is 6.18 Å². The van der Waals surface area contributed by atoms with Gasteiger partial charge in [0, 0.05) is 0 Å². The van der Waals surface area contributed by atoms with Crippen molar-refractivity contribution in [2.24, 2.45) is 0 Å². The standard InChI is InChI=1S/C7H4F3NO/c1-4-2-5(3-11)6(12-4)7(8,9)10/h2H,1H3. The Morgan fingerprint density at radius 2 is 2.08 bits per heavy atom. The maximum atomic E-state index is 12.0. The summed E-state index contributed by atoms with van der Waals surface area (Å²) in [6, 6.07) is 2.47. The second-order valence-electron chi connectivity index (χ2n) is 2.21. The minimum atomic E-state index is -4.58. The molecule has 2 nitrogen and oxygen atoms in total. The fourth-order valence-corrected chi connectivity index (χ4v) is 0.808. The summed E-state index contributed by atoms with van der Waals surface area (Å²) in [6.07, 6.45) is -4.58. The van der Waals surface area contributed by atoms with Crippen molar-refractivity contribution in [3.63, 3.8) is 0 Å². The molecule has 5 heteroatoms. The topological polar surface area (TPSA) is 36.9 Å². The number of alkyl halides is 3. The van der Waals surface area contributed by atoms with Crippen LogP contribution >= 0.6 is 0 Å². The van der Waals surface area contributed by atoms with Gasteiger partial charge < -0.3 is 4.42 Å². The normalized spacial score (nSPS) is 11.2. The maximum absolute atomic E-state index is 12.0. The van der Waals surface area contributed by atoms with Crippen molar-refractivity contribution >= 4 is 0 Å². The van der Waals surface area contributed by atoms with E-state index in [4.69, 9.17) is 5.26 Å². The molecule has 1 heterocycles. The number of hydrogen-bond donors (Lipinski definition) is 0. The smallest absolute Gasteiger partial charge is 0.450 e. The van der Waals surface area contributed by atoms with Crippen LogP contribution in [-0.4, -0.2) is 0 Å². The van der Waals surface area contributed by atoms with E-state index in [1.807, 2.05) is 0 Å². The molecule has 1 aromatic rings. The molecule has 0 N–H and O–H groups in total. The third-order valence-electron chi connectivity index (χ3n) is 1.23. The monoisotopic (exact) mass is 175 g/mol. The zero-order valence-corrected chi connectivity index (χ0v) is 6.07. The van der Waals surface area contributed by atoms with Gasteiger partial charge in [-0.2, -0.15) is 18.4 Å². The highest BCUT2D eigenvalue weighted by Gasteiger charge is 2.38. The Bertz CT molecular complexity index is 331. The van der Waals surface area contributed by atoms with Crippen molar-refractivity contribution in [1.82, 2.24) is 0 Å². The Labute approximate surface area is 66.2 Å². The Morgan fingerprint density at radius 1 is 1.50 bits per heavy atom. The van der Waals surface area contributed by atoms with Gasteiger partial charge in [-0.1, -0.05) is 0 Å². The number of halogens is 3. The van der Waals surface area contributed by atoms with Gasteiger partial charge in [-0.05, 0) is 13.0 Å². The Balaban J connectivity index is 3.25. The summed E-state index contributed by atoms with van der Waals surface area (Å²) in [4.78, 5) is 0. The van der Waals surface area contributed by atoms with E-state index in [9.17, 15) is 13.2 Å². The highest BCUT2D eigenvalue weighted by molar-refractivity contribution is 5.35. The SMILES string of the molecule is Cc1cc(C#N)c(C(F)(F)F)o1. The molecule has 0 aliphatic heterocycles. The van der Waals surface area contributed by atoms with Crippen LogP contribution in [0.25, 0.3) is 0 Å². The van der Waals surface area contributed by atoms with Crippen molar-refractivity contribution in [3.05, 3.63) is 23.2 Å². The second-order valence-corrected chi connectivity index (χ2v) is 2.21. The summed E-state index contributed by atoms with van der Waals surface area (Å²) in [5.41, 5.74) is -0.472. The number of hydrogen-bond acceptors (Lipinski definition) is 2. The van der Waals surface area contributed by atoms with Crippen LogP contribution in [0, 0.1) is 18.3 Å². The molecular formula is C7H4F3NO. The lowest BCUT2D eigenvalue weighted by molar-refractivity contribution is -0.153. The van der Waals surface area contributed by atoms with Crippen molar-refractivity contribution in [2.45, 2.75) is 13.1 Å². The molecule has 0 aliphatic carbocycles. The molecule has 0 amide bonds. The summed E-state index contributed by atoms with van der Waals surface area (Å²) >= 11 is 0. The lowest BCUT2D eigenvalue weighted by Gasteiger charge is -2.00. The van der Waals surface area contributed by atoms with Crippen LogP contribution in [0.1, 0.15) is 17.1 Å². The van der Waals surface area contributed by atoms with E-state index in [-0.39, 0.29) is 5.76 Å². The average Bonchev–Trinajstić information content (AvgIpc) is 2.29. The van der Waals surface area contributed by atoms with Gasteiger partial charge in [-0.15, -0.1) is 0 Å². The van der Waals surface area contributed by atoms with E-state index in [2.05, 4.69) is 4.42 Å². The lowest BCUT2D eigenvalue weighted by atomic mass is 10.2. The number of nitriles is 1. The van der Waals surface area contributed by atoms with Crippen LogP contribution in [-0.2, 0) is 6.18 Å². The average molecular weight is 175 g/mol. The zero-order chi connectivity index (χ0) is 9.35. The van der Waals surface area contributed by atoms with E-state index in [0.29, 0.717) is 0 Å². The Hall–Kier alpha value is -1.44. The van der Waals surface area contributed by atoms with Crippen molar-refractivity contribution in [1.29, 1.82) is 5.26 Å². The van der Waals surface area contributed by atoms with Gasteiger partial charge in [0.25, 0.3) is 0 Å². The third-order valence-corrected chi connectivity index (χ3v) is 1.23. The van der Waals surface area contributed by atoms with Gasteiger partial charge in [-0.3, -0.25) is 0 Å². The second kappa shape index (κ2) is 2.55.